The molecule has 0 aliphatic carbocycles. The van der Waals surface area contributed by atoms with E-state index in [1.165, 1.54) is 12.8 Å². The molecule has 0 aromatic rings. The standard InChI is InChI=1S/C13H30N2O/c1-5-14-10-8-9-13(4)15(6-2)11-12-16-7-3/h13-14H,5-12H2,1-4H3. The Kier molecular flexibility index (Phi) is 11.3. The fraction of sp³-hybridized carbons (Fsp3) is 1.00. The molecule has 1 unspecified atom stereocenters. The fourth-order valence-corrected chi connectivity index (χ4v) is 1.90. The van der Waals surface area contributed by atoms with Gasteiger partial charge in [-0.15, -0.1) is 0 Å². The van der Waals surface area contributed by atoms with E-state index in [2.05, 4.69) is 37.9 Å². The van der Waals surface area contributed by atoms with Crippen LogP contribution < -0.4 is 5.32 Å². The predicted molar refractivity (Wildman–Crippen MR) is 71.0 cm³/mol. The molecule has 0 amide bonds. The predicted octanol–water partition coefficient (Wildman–Crippen LogP) is 2.12. The molecule has 98 valence electrons. The van der Waals surface area contributed by atoms with Crippen LogP contribution in [0.15, 0.2) is 0 Å². The quantitative estimate of drug-likeness (QED) is 0.550. The van der Waals surface area contributed by atoms with Crippen LogP contribution in [0, 0.1) is 0 Å². The van der Waals surface area contributed by atoms with Crippen LogP contribution in [0.25, 0.3) is 0 Å². The largest absolute Gasteiger partial charge is 0.380 e. The first kappa shape index (κ1) is 15.9. The van der Waals surface area contributed by atoms with E-state index in [1.54, 1.807) is 0 Å². The summed E-state index contributed by atoms with van der Waals surface area (Å²) in [5, 5.41) is 3.37. The summed E-state index contributed by atoms with van der Waals surface area (Å²) in [6, 6.07) is 0.670. The van der Waals surface area contributed by atoms with Gasteiger partial charge in [-0.1, -0.05) is 13.8 Å². The number of rotatable bonds is 11. The third-order valence-corrected chi connectivity index (χ3v) is 2.98. The van der Waals surface area contributed by atoms with Gasteiger partial charge in [-0.3, -0.25) is 4.90 Å². The summed E-state index contributed by atoms with van der Waals surface area (Å²) in [7, 11) is 0. The van der Waals surface area contributed by atoms with Gasteiger partial charge in [-0.05, 0) is 46.3 Å². The van der Waals surface area contributed by atoms with Crippen LogP contribution in [0.2, 0.25) is 0 Å². The SMILES string of the molecule is CCNCCCC(C)N(CC)CCOCC. The van der Waals surface area contributed by atoms with Gasteiger partial charge in [0.25, 0.3) is 0 Å². The van der Waals surface area contributed by atoms with E-state index >= 15 is 0 Å². The first-order valence-corrected chi connectivity index (χ1v) is 6.78. The Morgan fingerprint density at radius 1 is 1.25 bits per heavy atom. The number of likely N-dealkylation sites (N-methyl/N-ethyl adjacent to an activating group) is 1. The van der Waals surface area contributed by atoms with E-state index in [1.807, 2.05) is 0 Å². The zero-order valence-corrected chi connectivity index (χ0v) is 11.6. The lowest BCUT2D eigenvalue weighted by Crippen LogP contribution is -2.36. The topological polar surface area (TPSA) is 24.5 Å². The molecular weight excluding hydrogens is 200 g/mol. The third kappa shape index (κ3) is 8.08. The van der Waals surface area contributed by atoms with Gasteiger partial charge in [0, 0.05) is 19.2 Å². The maximum Gasteiger partial charge on any atom is 0.0593 e. The van der Waals surface area contributed by atoms with E-state index in [0.29, 0.717) is 6.04 Å². The Labute approximate surface area is 102 Å². The molecule has 1 atom stereocenters. The molecule has 0 heterocycles. The van der Waals surface area contributed by atoms with Crippen LogP contribution >= 0.6 is 0 Å². The summed E-state index contributed by atoms with van der Waals surface area (Å²) in [4.78, 5) is 2.50. The second-order valence-electron chi connectivity index (χ2n) is 4.17. The second kappa shape index (κ2) is 11.4. The van der Waals surface area contributed by atoms with Crippen molar-refractivity contribution in [3.63, 3.8) is 0 Å². The van der Waals surface area contributed by atoms with Crippen LogP contribution in [-0.2, 0) is 4.74 Å². The lowest BCUT2D eigenvalue weighted by molar-refractivity contribution is 0.0977. The zero-order valence-electron chi connectivity index (χ0n) is 11.6. The van der Waals surface area contributed by atoms with E-state index in [0.717, 1.165) is 39.4 Å². The molecule has 0 saturated heterocycles. The molecule has 0 aromatic carbocycles. The van der Waals surface area contributed by atoms with Gasteiger partial charge in [-0.25, -0.2) is 0 Å². The van der Waals surface area contributed by atoms with Crippen molar-refractivity contribution in [1.29, 1.82) is 0 Å². The van der Waals surface area contributed by atoms with Crippen LogP contribution in [0.1, 0.15) is 40.5 Å². The van der Waals surface area contributed by atoms with Crippen molar-refractivity contribution in [3.8, 4) is 0 Å². The Hall–Kier alpha value is -0.120. The molecule has 0 radical (unpaired) electrons. The van der Waals surface area contributed by atoms with Crippen molar-refractivity contribution in [2.45, 2.75) is 46.6 Å². The highest BCUT2D eigenvalue weighted by Crippen LogP contribution is 2.05. The van der Waals surface area contributed by atoms with E-state index in [9.17, 15) is 0 Å². The summed E-state index contributed by atoms with van der Waals surface area (Å²) >= 11 is 0. The number of hydrogen-bond donors (Lipinski definition) is 1. The number of ether oxygens (including phenoxy) is 1. The zero-order chi connectivity index (χ0) is 12.2. The van der Waals surface area contributed by atoms with Crippen molar-refractivity contribution in [2.24, 2.45) is 0 Å². The van der Waals surface area contributed by atoms with Gasteiger partial charge in [0.1, 0.15) is 0 Å². The first-order valence-electron chi connectivity index (χ1n) is 6.78. The molecule has 16 heavy (non-hydrogen) atoms. The molecule has 0 aliphatic rings. The maximum atomic E-state index is 5.41. The molecule has 1 N–H and O–H groups in total. The lowest BCUT2D eigenvalue weighted by atomic mass is 10.1. The first-order chi connectivity index (χ1) is 7.76. The van der Waals surface area contributed by atoms with Gasteiger partial charge in [0.2, 0.25) is 0 Å². The highest BCUT2D eigenvalue weighted by atomic mass is 16.5. The highest BCUT2D eigenvalue weighted by molar-refractivity contribution is 4.66. The van der Waals surface area contributed by atoms with Crippen molar-refractivity contribution in [3.05, 3.63) is 0 Å². The minimum Gasteiger partial charge on any atom is -0.380 e. The van der Waals surface area contributed by atoms with E-state index < -0.39 is 0 Å². The van der Waals surface area contributed by atoms with Crippen molar-refractivity contribution in [1.82, 2.24) is 10.2 Å². The Bertz CT molecular complexity index is 142. The average molecular weight is 230 g/mol. The number of nitrogens with one attached hydrogen (secondary N) is 1. The van der Waals surface area contributed by atoms with E-state index in [4.69, 9.17) is 4.74 Å². The molecule has 0 bridgehead atoms. The minimum absolute atomic E-state index is 0.670. The maximum absolute atomic E-state index is 5.41. The highest BCUT2D eigenvalue weighted by Gasteiger charge is 2.10. The number of hydrogen-bond acceptors (Lipinski definition) is 3. The van der Waals surface area contributed by atoms with Gasteiger partial charge in [-0.2, -0.15) is 0 Å². The molecule has 0 aliphatic heterocycles. The van der Waals surface area contributed by atoms with E-state index in [-0.39, 0.29) is 0 Å². The summed E-state index contributed by atoms with van der Waals surface area (Å²) in [5.41, 5.74) is 0. The Morgan fingerprint density at radius 3 is 2.56 bits per heavy atom. The Morgan fingerprint density at radius 2 is 2.00 bits per heavy atom. The van der Waals surface area contributed by atoms with Gasteiger partial charge < -0.3 is 10.1 Å². The normalized spacial score (nSPS) is 13.3. The van der Waals surface area contributed by atoms with Crippen LogP contribution in [0.4, 0.5) is 0 Å². The summed E-state index contributed by atoms with van der Waals surface area (Å²) in [6.07, 6.45) is 2.53. The molecule has 0 spiro atoms. The van der Waals surface area contributed by atoms with Crippen molar-refractivity contribution in [2.75, 3.05) is 39.4 Å². The summed E-state index contributed by atoms with van der Waals surface area (Å²) in [6.45, 7) is 14.9. The molecular formula is C13H30N2O. The number of nitrogens with zero attached hydrogens (tertiary/aromatic N) is 1. The smallest absolute Gasteiger partial charge is 0.0593 e. The fourth-order valence-electron chi connectivity index (χ4n) is 1.90. The molecule has 3 heteroatoms. The van der Waals surface area contributed by atoms with Gasteiger partial charge in [0.15, 0.2) is 0 Å². The van der Waals surface area contributed by atoms with Crippen molar-refractivity contribution >= 4 is 0 Å². The monoisotopic (exact) mass is 230 g/mol. The van der Waals surface area contributed by atoms with Gasteiger partial charge in [0.05, 0.1) is 6.61 Å². The van der Waals surface area contributed by atoms with Gasteiger partial charge >= 0.3 is 0 Å². The molecule has 0 aromatic heterocycles. The molecule has 0 rings (SSSR count). The second-order valence-corrected chi connectivity index (χ2v) is 4.17. The average Bonchev–Trinajstić information content (AvgIpc) is 2.30. The molecule has 3 nitrogen and oxygen atoms in total. The Balaban J connectivity index is 3.60. The van der Waals surface area contributed by atoms with Crippen molar-refractivity contribution < 1.29 is 4.74 Å². The summed E-state index contributed by atoms with van der Waals surface area (Å²) in [5.74, 6) is 0. The molecule has 0 saturated carbocycles. The molecule has 0 fully saturated rings. The summed E-state index contributed by atoms with van der Waals surface area (Å²) < 4.78 is 5.41. The third-order valence-electron chi connectivity index (χ3n) is 2.98. The lowest BCUT2D eigenvalue weighted by Gasteiger charge is -2.27. The van der Waals surface area contributed by atoms with Crippen LogP contribution in [0.5, 0.6) is 0 Å². The van der Waals surface area contributed by atoms with Crippen LogP contribution in [-0.4, -0.2) is 50.3 Å². The minimum atomic E-state index is 0.670. The van der Waals surface area contributed by atoms with Crippen LogP contribution in [0.3, 0.4) is 0 Å².